The van der Waals surface area contributed by atoms with Crippen molar-refractivity contribution < 1.29 is 66.1 Å². The highest BCUT2D eigenvalue weighted by Gasteiger charge is 2.52. The minimum atomic E-state index is -4.19. The molecule has 1 fully saturated rings. The average molecular weight is 1280 g/mol. The molecular formula is C66H80BF2N11O11S. The zero-order chi connectivity index (χ0) is 65.7. The largest absolute Gasteiger partial charge is 0.737 e. The number of thiophene rings is 1. The molecule has 8 amide bonds. The third kappa shape index (κ3) is 19.1. The molecule has 26 heteroatoms. The molecule has 3 aromatic carbocycles. The highest BCUT2D eigenvalue weighted by molar-refractivity contribution is 7.12. The van der Waals surface area contributed by atoms with Crippen molar-refractivity contribution in [3.63, 3.8) is 0 Å². The van der Waals surface area contributed by atoms with Gasteiger partial charge in [-0.05, 0) is 103 Å². The maximum Gasteiger partial charge on any atom is 0.737 e. The Morgan fingerprint density at radius 1 is 0.761 bits per heavy atom. The second-order valence-corrected chi connectivity index (χ2v) is 23.9. The maximum atomic E-state index is 16.2. The van der Waals surface area contributed by atoms with Crippen LogP contribution in [0.1, 0.15) is 105 Å². The number of ether oxygens (including phenoxy) is 2. The van der Waals surface area contributed by atoms with Crippen LogP contribution in [0.5, 0.6) is 11.5 Å². The van der Waals surface area contributed by atoms with Crippen molar-refractivity contribution in [3.05, 3.63) is 159 Å². The number of halogens is 2. The van der Waals surface area contributed by atoms with E-state index in [0.717, 1.165) is 44.4 Å². The van der Waals surface area contributed by atoms with Crippen molar-refractivity contribution in [2.24, 2.45) is 17.4 Å². The number of hydrogen-bond donors (Lipinski definition) is 9. The van der Waals surface area contributed by atoms with Gasteiger partial charge in [0.15, 0.2) is 18.0 Å². The average Bonchev–Trinajstić information content (AvgIpc) is 1.55. The van der Waals surface area contributed by atoms with E-state index in [4.69, 9.17) is 20.9 Å². The second-order valence-electron chi connectivity index (χ2n) is 23.0. The van der Waals surface area contributed by atoms with Crippen LogP contribution in [0.3, 0.4) is 0 Å². The first-order valence-electron chi connectivity index (χ1n) is 31.0. The number of primary amides is 2. The third-order valence-corrected chi connectivity index (χ3v) is 17.1. The summed E-state index contributed by atoms with van der Waals surface area (Å²) in [7, 11) is 0. The lowest BCUT2D eigenvalue weighted by Crippen LogP contribution is -2.59. The predicted octanol–water partition coefficient (Wildman–Crippen LogP) is 4.40. The van der Waals surface area contributed by atoms with Crippen LogP contribution in [0.2, 0.25) is 0 Å². The molecule has 5 aromatic rings. The van der Waals surface area contributed by atoms with E-state index in [1.165, 1.54) is 16.9 Å². The molecule has 0 bridgehead atoms. The smallest absolute Gasteiger partial charge is 0.490 e. The molecule has 3 aliphatic rings. The van der Waals surface area contributed by atoms with Gasteiger partial charge in [-0.25, -0.2) is 0 Å². The Morgan fingerprint density at radius 2 is 1.49 bits per heavy atom. The van der Waals surface area contributed by atoms with E-state index in [0.29, 0.717) is 73.0 Å². The van der Waals surface area contributed by atoms with E-state index in [2.05, 4.69) is 55.0 Å². The van der Waals surface area contributed by atoms with Gasteiger partial charge in [0.05, 0.1) is 17.9 Å². The molecule has 0 radical (unpaired) electrons. The number of para-hydroxylation sites is 1. The van der Waals surface area contributed by atoms with Crippen LogP contribution in [0.4, 0.5) is 8.63 Å². The van der Waals surface area contributed by atoms with E-state index >= 15 is 8.63 Å². The summed E-state index contributed by atoms with van der Waals surface area (Å²) in [6, 6.07) is 26.6. The molecule has 5 atom stereocenters. The van der Waals surface area contributed by atoms with Gasteiger partial charge < -0.3 is 80.4 Å². The Morgan fingerprint density at radius 3 is 2.20 bits per heavy atom. The SMILES string of the molecule is CC[C@H](C)[C@H](NC(=O)CCN1CCC(Oc2ccccc2Cc2ccccc2)CC1)C(=O)N[C@@H](CO)C(=O)N[C@@H](CC(N)=O)C(=O)NCCC(=O)N[C@@H](CCCCNC(=O)COc1ccc(/C=C/c2ccc3n2[B-](F)(F)[N+]2=C(c4cccs4)C=CC2=C3)cc1)C(N)=O. The topological polar surface area (TPSA) is 311 Å². The number of aromatic nitrogens is 1. The number of rotatable bonds is 34. The van der Waals surface area contributed by atoms with E-state index in [1.54, 1.807) is 73.7 Å². The number of benzene rings is 3. The lowest BCUT2D eigenvalue weighted by atomic mass is 9.90. The van der Waals surface area contributed by atoms with Crippen LogP contribution in [0, 0.1) is 5.92 Å². The number of piperidine rings is 1. The molecule has 22 nitrogen and oxygen atoms in total. The van der Waals surface area contributed by atoms with Gasteiger partial charge in [0.25, 0.3) is 5.91 Å². The maximum absolute atomic E-state index is 16.2. The number of carbonyl (C=O) groups is 8. The normalized spacial score (nSPS) is 16.0. The summed E-state index contributed by atoms with van der Waals surface area (Å²) in [5, 5.41) is 27.4. The van der Waals surface area contributed by atoms with Gasteiger partial charge in [0.1, 0.15) is 41.8 Å². The monoisotopic (exact) mass is 1280 g/mol. The Hall–Kier alpha value is -9.27. The first-order valence-corrected chi connectivity index (χ1v) is 31.9. The third-order valence-electron chi connectivity index (χ3n) is 16.2. The summed E-state index contributed by atoms with van der Waals surface area (Å²) in [4.78, 5) is 106. The molecule has 3 aliphatic heterocycles. The van der Waals surface area contributed by atoms with Crippen LogP contribution in [0.25, 0.3) is 18.2 Å². The highest BCUT2D eigenvalue weighted by atomic mass is 32.1. The zero-order valence-corrected chi connectivity index (χ0v) is 52.3. The molecule has 1 saturated heterocycles. The number of aliphatic hydroxyl groups is 1. The second kappa shape index (κ2) is 33.2. The Bertz CT molecular complexity index is 3540. The van der Waals surface area contributed by atoms with Crippen molar-refractivity contribution in [1.29, 1.82) is 0 Å². The van der Waals surface area contributed by atoms with Gasteiger partial charge in [0, 0.05) is 81.6 Å². The Labute approximate surface area is 537 Å². The summed E-state index contributed by atoms with van der Waals surface area (Å²) < 4.78 is 46.7. The lowest BCUT2D eigenvalue weighted by Gasteiger charge is -2.32. The van der Waals surface area contributed by atoms with Crippen LogP contribution in [-0.4, -0.2) is 155 Å². The van der Waals surface area contributed by atoms with Gasteiger partial charge in [-0.3, -0.25) is 38.4 Å². The number of fused-ring (bicyclic) bond motifs is 2. The van der Waals surface area contributed by atoms with Crippen molar-refractivity contribution in [3.8, 4) is 11.5 Å². The number of likely N-dealkylation sites (tertiary alicyclic amines) is 1. The van der Waals surface area contributed by atoms with Crippen molar-refractivity contribution in [2.75, 3.05) is 45.9 Å². The van der Waals surface area contributed by atoms with Crippen LogP contribution in [0.15, 0.2) is 126 Å². The summed E-state index contributed by atoms with van der Waals surface area (Å²) in [6.45, 7) is -0.0348. The van der Waals surface area contributed by atoms with Crippen LogP contribution < -0.4 is 52.8 Å². The van der Waals surface area contributed by atoms with Gasteiger partial charge in [-0.1, -0.05) is 93.1 Å². The van der Waals surface area contributed by atoms with E-state index < -0.39 is 85.5 Å². The van der Waals surface area contributed by atoms with Crippen LogP contribution in [-0.2, 0) is 44.8 Å². The van der Waals surface area contributed by atoms with Crippen molar-refractivity contribution in [1.82, 2.24) is 41.3 Å². The summed E-state index contributed by atoms with van der Waals surface area (Å²) in [5.41, 5.74) is 15.6. The number of allylic oxidation sites excluding steroid dienone is 2. The van der Waals surface area contributed by atoms with Crippen LogP contribution >= 0.6 is 11.3 Å². The number of nitrogens with two attached hydrogens (primary N) is 2. The number of nitrogens with one attached hydrogen (secondary N) is 6. The molecule has 2 aromatic heterocycles. The van der Waals surface area contributed by atoms with E-state index in [9.17, 15) is 43.5 Å². The highest BCUT2D eigenvalue weighted by Crippen LogP contribution is 2.35. The van der Waals surface area contributed by atoms with Gasteiger partial charge in [-0.2, -0.15) is 0 Å². The summed E-state index contributed by atoms with van der Waals surface area (Å²) in [6.07, 6.45) is 11.3. The number of amides is 8. The van der Waals surface area contributed by atoms with Crippen molar-refractivity contribution in [2.45, 2.75) is 108 Å². The minimum absolute atomic E-state index is 0.0132. The molecule has 0 spiro atoms. The molecule has 0 saturated carbocycles. The number of hydrogen-bond acceptors (Lipinski definition) is 13. The lowest BCUT2D eigenvalue weighted by molar-refractivity contribution is -0.360. The molecule has 0 unspecified atom stereocenters. The number of aliphatic hydroxyl groups excluding tert-OH is 1. The molecule has 488 valence electrons. The fourth-order valence-corrected chi connectivity index (χ4v) is 11.8. The quantitative estimate of drug-likeness (QED) is 0.0205. The van der Waals surface area contributed by atoms with E-state index in [1.807, 2.05) is 60.8 Å². The fraction of sp³-hybridized carbons (Fsp3) is 0.379. The summed E-state index contributed by atoms with van der Waals surface area (Å²) in [5.74, 6) is -5.06. The molecule has 8 rings (SSSR count). The Kier molecular flexibility index (Phi) is 24.7. The van der Waals surface area contributed by atoms with Crippen molar-refractivity contribution >= 4 is 89.5 Å². The Balaban J connectivity index is 0.702. The zero-order valence-electron chi connectivity index (χ0n) is 51.5. The predicted molar refractivity (Wildman–Crippen MR) is 347 cm³/mol. The van der Waals surface area contributed by atoms with Gasteiger partial charge in [-0.15, -0.1) is 11.3 Å². The first-order chi connectivity index (χ1) is 44.3. The standard InChI is InChI=1S/C66H80BF2N11O11S/c1-3-43(2)62(77-60(84)31-36-78-34-29-51(30-35-78)91-56-16-8-7-14-46(56)38-45-12-5-4-6-13-45)66(89)76-54(41-81)65(88)75-53(40-58(70)82)64(87)73-33-28-59(83)74-52(63(71)86)15-9-10-32-72-61(85)42-90-50-25-19-44(20-26-50)18-21-47-22-23-48-39-49-24-27-55(57-17-11-37-92-57)80(49)67(68,69)79(47)48/h4-8,11-14,16-27,37,39,43,51-54,62,81H,3,9-10,15,28-36,38,40-42H2,1-2H3,(H2,70,82)(H2,71,86)(H,72,85)(H,73,87)(H,74,83)(H,75,88)(H,76,89)(H,77,84)/b21-18+/t43-,52-,53-,54-,62-/m0/s1. The number of unbranched alkanes of at least 4 members (excludes halogenated alkanes) is 1. The number of carbonyl (C=O) groups excluding carboxylic acids is 8. The molecular weight excluding hydrogens is 1200 g/mol. The molecule has 11 N–H and O–H groups in total. The first kappa shape index (κ1) is 68.6. The number of nitrogens with zero attached hydrogens (tertiary/aromatic N) is 3. The van der Waals surface area contributed by atoms with Gasteiger partial charge >= 0.3 is 6.97 Å². The fourth-order valence-electron chi connectivity index (χ4n) is 11.0. The van der Waals surface area contributed by atoms with Gasteiger partial charge in [0.2, 0.25) is 41.4 Å². The summed E-state index contributed by atoms with van der Waals surface area (Å²) >= 11 is 1.40. The van der Waals surface area contributed by atoms with E-state index in [-0.39, 0.29) is 56.9 Å². The minimum Gasteiger partial charge on any atom is -0.490 e. The molecule has 0 aliphatic carbocycles. The molecule has 5 heterocycles. The molecule has 92 heavy (non-hydrogen) atoms.